The number of carbonyl (C=O) groups excluding carboxylic acids is 1. The van der Waals surface area contributed by atoms with Crippen LogP contribution in [0, 0.1) is 13.8 Å². The van der Waals surface area contributed by atoms with E-state index in [1.807, 2.05) is 6.92 Å². The number of alkyl halides is 2. The Balaban J connectivity index is 1.37. The Bertz CT molecular complexity index is 1060. The first kappa shape index (κ1) is 21.0. The number of halogens is 2. The molecule has 3 aromatic rings. The van der Waals surface area contributed by atoms with Gasteiger partial charge in [0.05, 0.1) is 17.7 Å². The van der Waals surface area contributed by atoms with Crippen LogP contribution in [-0.4, -0.2) is 58.6 Å². The zero-order valence-electron chi connectivity index (χ0n) is 17.2. The van der Waals surface area contributed by atoms with Gasteiger partial charge in [0, 0.05) is 26.2 Å². The van der Waals surface area contributed by atoms with Crippen molar-refractivity contribution in [3.63, 3.8) is 0 Å². The number of ether oxygens (including phenoxy) is 1. The minimum atomic E-state index is -2.94. The van der Waals surface area contributed by atoms with Gasteiger partial charge in [0.25, 0.3) is 5.91 Å². The number of aromatic nitrogens is 2. The Hall–Kier alpha value is -3.27. The van der Waals surface area contributed by atoms with E-state index in [4.69, 9.17) is 8.94 Å². The van der Waals surface area contributed by atoms with Crippen molar-refractivity contribution in [3.05, 3.63) is 53.3 Å². The fourth-order valence-electron chi connectivity index (χ4n) is 3.59. The summed E-state index contributed by atoms with van der Waals surface area (Å²) in [5.41, 5.74) is 0.927. The second-order valence-electron chi connectivity index (χ2n) is 7.28. The van der Waals surface area contributed by atoms with Crippen LogP contribution in [0.5, 0.6) is 5.75 Å². The average molecular weight is 432 g/mol. The molecule has 0 aliphatic carbocycles. The Labute approximate surface area is 177 Å². The van der Waals surface area contributed by atoms with Crippen LogP contribution in [0.2, 0.25) is 0 Å². The molecule has 0 spiro atoms. The molecule has 10 heteroatoms. The van der Waals surface area contributed by atoms with Crippen molar-refractivity contribution in [2.45, 2.75) is 27.0 Å². The Morgan fingerprint density at radius 1 is 1.19 bits per heavy atom. The van der Waals surface area contributed by atoms with Gasteiger partial charge in [-0.15, -0.1) is 0 Å². The first-order valence-electron chi connectivity index (χ1n) is 9.86. The number of amides is 1. The molecular weight excluding hydrogens is 410 g/mol. The maximum atomic E-state index is 12.7. The van der Waals surface area contributed by atoms with Crippen LogP contribution in [-0.2, 0) is 6.54 Å². The van der Waals surface area contributed by atoms with E-state index in [1.54, 1.807) is 36.1 Å². The van der Waals surface area contributed by atoms with Crippen LogP contribution < -0.4 is 4.74 Å². The minimum Gasteiger partial charge on any atom is -0.466 e. The van der Waals surface area contributed by atoms with Crippen molar-refractivity contribution >= 4 is 5.91 Å². The van der Waals surface area contributed by atoms with E-state index in [0.717, 1.165) is 0 Å². The van der Waals surface area contributed by atoms with E-state index in [9.17, 15) is 13.6 Å². The van der Waals surface area contributed by atoms with Crippen molar-refractivity contribution in [1.82, 2.24) is 19.9 Å². The molecule has 0 bridgehead atoms. The number of carbonyl (C=O) groups is 1. The fraction of sp³-hybridized carbons (Fsp3) is 0.381. The molecule has 0 atom stereocenters. The predicted octanol–water partition coefficient (Wildman–Crippen LogP) is 3.51. The van der Waals surface area contributed by atoms with Crippen molar-refractivity contribution in [2.24, 2.45) is 0 Å². The molecule has 0 N–H and O–H groups in total. The first-order valence-corrected chi connectivity index (χ1v) is 9.86. The molecule has 1 aliphatic rings. The van der Waals surface area contributed by atoms with Gasteiger partial charge in [0.15, 0.2) is 0 Å². The second kappa shape index (κ2) is 8.84. The van der Waals surface area contributed by atoms with Gasteiger partial charge in [-0.05, 0) is 32.0 Å². The van der Waals surface area contributed by atoms with Crippen LogP contribution in [0.15, 0.2) is 39.3 Å². The molecule has 3 heterocycles. The third kappa shape index (κ3) is 4.74. The molecule has 0 unspecified atom stereocenters. The number of hydrogen-bond acceptors (Lipinski definition) is 7. The highest BCUT2D eigenvalue weighted by atomic mass is 19.3. The second-order valence-corrected chi connectivity index (χ2v) is 7.28. The van der Waals surface area contributed by atoms with Crippen molar-refractivity contribution in [2.75, 3.05) is 26.2 Å². The Morgan fingerprint density at radius 2 is 1.94 bits per heavy atom. The van der Waals surface area contributed by atoms with Crippen LogP contribution in [0.4, 0.5) is 8.78 Å². The Morgan fingerprint density at radius 3 is 2.61 bits per heavy atom. The van der Waals surface area contributed by atoms with Crippen molar-refractivity contribution in [3.8, 4) is 17.1 Å². The Kier molecular flexibility index (Phi) is 5.99. The highest BCUT2D eigenvalue weighted by Gasteiger charge is 2.26. The third-order valence-corrected chi connectivity index (χ3v) is 5.10. The van der Waals surface area contributed by atoms with Crippen LogP contribution in [0.1, 0.15) is 27.8 Å². The number of furan rings is 1. The monoisotopic (exact) mass is 432 g/mol. The van der Waals surface area contributed by atoms with E-state index in [0.29, 0.717) is 61.3 Å². The van der Waals surface area contributed by atoms with E-state index < -0.39 is 6.61 Å². The number of rotatable bonds is 6. The molecule has 1 amide bonds. The largest absolute Gasteiger partial charge is 0.466 e. The number of piperazine rings is 1. The molecule has 1 fully saturated rings. The van der Waals surface area contributed by atoms with E-state index in [2.05, 4.69) is 19.8 Å². The molecule has 8 nitrogen and oxygen atoms in total. The third-order valence-electron chi connectivity index (χ3n) is 5.10. The van der Waals surface area contributed by atoms with Gasteiger partial charge < -0.3 is 18.6 Å². The molecule has 4 rings (SSSR count). The van der Waals surface area contributed by atoms with Gasteiger partial charge in [-0.2, -0.15) is 13.8 Å². The molecule has 0 saturated carbocycles. The zero-order valence-corrected chi connectivity index (χ0v) is 17.2. The van der Waals surface area contributed by atoms with Gasteiger partial charge in [-0.25, -0.2) is 0 Å². The van der Waals surface area contributed by atoms with Crippen molar-refractivity contribution in [1.29, 1.82) is 0 Å². The van der Waals surface area contributed by atoms with Gasteiger partial charge >= 0.3 is 6.61 Å². The zero-order chi connectivity index (χ0) is 22.0. The number of aryl methyl sites for hydroxylation is 2. The summed E-state index contributed by atoms with van der Waals surface area (Å²) in [6.07, 6.45) is 0. The maximum Gasteiger partial charge on any atom is 0.387 e. The summed E-state index contributed by atoms with van der Waals surface area (Å²) in [4.78, 5) is 20.9. The molecule has 31 heavy (non-hydrogen) atoms. The quantitative estimate of drug-likeness (QED) is 0.589. The standard InChI is InChI=1S/C21H22F2N4O4/c1-13-11-16(14(2)29-13)20(28)27-9-7-26(8-10-27)12-18-24-19(25-31-18)15-5-3-4-6-17(15)30-21(22)23/h3-6,11,21H,7-10,12H2,1-2H3. The van der Waals surface area contributed by atoms with E-state index in [-0.39, 0.29) is 17.5 Å². The van der Waals surface area contributed by atoms with E-state index in [1.165, 1.54) is 6.07 Å². The molecular formula is C21H22F2N4O4. The SMILES string of the molecule is Cc1cc(C(=O)N2CCN(Cc3nc(-c4ccccc4OC(F)F)no3)CC2)c(C)o1. The van der Waals surface area contributed by atoms with Crippen LogP contribution in [0.25, 0.3) is 11.4 Å². The normalized spacial score (nSPS) is 14.9. The minimum absolute atomic E-state index is 0.0123. The summed E-state index contributed by atoms with van der Waals surface area (Å²) in [7, 11) is 0. The number of benzene rings is 1. The lowest BCUT2D eigenvalue weighted by Gasteiger charge is -2.33. The molecule has 1 saturated heterocycles. The summed E-state index contributed by atoms with van der Waals surface area (Å²) in [5.74, 6) is 1.84. The molecule has 1 aliphatic heterocycles. The highest BCUT2D eigenvalue weighted by Crippen LogP contribution is 2.29. The lowest BCUT2D eigenvalue weighted by molar-refractivity contribution is -0.0494. The first-order chi connectivity index (χ1) is 14.9. The predicted molar refractivity (Wildman–Crippen MR) is 106 cm³/mol. The number of para-hydroxylation sites is 1. The lowest BCUT2D eigenvalue weighted by atomic mass is 10.2. The van der Waals surface area contributed by atoms with Crippen LogP contribution in [0.3, 0.4) is 0 Å². The summed E-state index contributed by atoms with van der Waals surface area (Å²) >= 11 is 0. The number of nitrogens with zero attached hydrogens (tertiary/aromatic N) is 4. The fourth-order valence-corrected chi connectivity index (χ4v) is 3.59. The van der Waals surface area contributed by atoms with Gasteiger partial charge in [-0.1, -0.05) is 17.3 Å². The summed E-state index contributed by atoms with van der Waals surface area (Å²) in [6, 6.07) is 8.06. The van der Waals surface area contributed by atoms with Gasteiger partial charge in [0.1, 0.15) is 17.3 Å². The smallest absolute Gasteiger partial charge is 0.387 e. The summed E-state index contributed by atoms with van der Waals surface area (Å²) < 4.78 is 40.5. The number of hydrogen-bond donors (Lipinski definition) is 0. The summed E-state index contributed by atoms with van der Waals surface area (Å²) in [6.45, 7) is 3.47. The molecule has 164 valence electrons. The van der Waals surface area contributed by atoms with Crippen molar-refractivity contribution < 1.29 is 27.3 Å². The average Bonchev–Trinajstić information content (AvgIpc) is 3.33. The lowest BCUT2D eigenvalue weighted by Crippen LogP contribution is -2.48. The topological polar surface area (TPSA) is 84.8 Å². The molecule has 0 radical (unpaired) electrons. The van der Waals surface area contributed by atoms with Crippen LogP contribution >= 0.6 is 0 Å². The van der Waals surface area contributed by atoms with E-state index >= 15 is 0 Å². The van der Waals surface area contributed by atoms with Gasteiger partial charge in [0.2, 0.25) is 11.7 Å². The summed E-state index contributed by atoms with van der Waals surface area (Å²) in [5, 5.41) is 3.90. The molecule has 1 aromatic carbocycles. The maximum absolute atomic E-state index is 12.7. The van der Waals surface area contributed by atoms with Gasteiger partial charge in [-0.3, -0.25) is 9.69 Å². The molecule has 2 aromatic heterocycles. The highest BCUT2D eigenvalue weighted by molar-refractivity contribution is 5.95.